The fourth-order valence-electron chi connectivity index (χ4n) is 2.45. The molecule has 102 valence electrons. The van der Waals surface area contributed by atoms with Gasteiger partial charge in [0.1, 0.15) is 0 Å². The fourth-order valence-corrected chi connectivity index (χ4v) is 3.82. The Balaban J connectivity index is 2.61. The van der Waals surface area contributed by atoms with Crippen molar-refractivity contribution in [3.05, 3.63) is 0 Å². The summed E-state index contributed by atoms with van der Waals surface area (Å²) < 4.78 is 32.1. The summed E-state index contributed by atoms with van der Waals surface area (Å²) in [5.41, 5.74) is -0.127. The molecule has 17 heavy (non-hydrogen) atoms. The van der Waals surface area contributed by atoms with Crippen molar-refractivity contribution in [1.82, 2.24) is 4.72 Å². The van der Waals surface area contributed by atoms with E-state index < -0.39 is 10.0 Å². The van der Waals surface area contributed by atoms with Crippen LogP contribution in [0.3, 0.4) is 0 Å². The minimum atomic E-state index is -3.10. The summed E-state index contributed by atoms with van der Waals surface area (Å²) >= 11 is 0. The van der Waals surface area contributed by atoms with Crippen molar-refractivity contribution in [2.24, 2.45) is 0 Å². The van der Waals surface area contributed by atoms with E-state index >= 15 is 0 Å². The zero-order chi connectivity index (χ0) is 12.9. The number of hydrogen-bond donors (Lipinski definition) is 1. The van der Waals surface area contributed by atoms with Gasteiger partial charge in [-0.3, -0.25) is 0 Å². The van der Waals surface area contributed by atoms with E-state index in [1.807, 2.05) is 6.92 Å². The molecule has 1 aliphatic heterocycles. The summed E-state index contributed by atoms with van der Waals surface area (Å²) in [5.74, 6) is 0.218. The summed E-state index contributed by atoms with van der Waals surface area (Å²) in [4.78, 5) is 0. The van der Waals surface area contributed by atoms with Crippen LogP contribution in [0.5, 0.6) is 0 Å². The molecule has 0 spiro atoms. The summed E-state index contributed by atoms with van der Waals surface area (Å²) in [6, 6.07) is 0.0419. The van der Waals surface area contributed by atoms with E-state index in [1.54, 1.807) is 0 Å². The first kappa shape index (κ1) is 14.9. The topological polar surface area (TPSA) is 55.4 Å². The molecule has 0 amide bonds. The minimum absolute atomic E-state index is 0.0419. The van der Waals surface area contributed by atoms with Crippen molar-refractivity contribution >= 4 is 10.0 Å². The first-order valence-corrected chi connectivity index (χ1v) is 8.26. The Morgan fingerprint density at radius 1 is 1.29 bits per heavy atom. The van der Waals surface area contributed by atoms with E-state index in [0.717, 1.165) is 25.7 Å². The van der Waals surface area contributed by atoms with Gasteiger partial charge in [0.05, 0.1) is 11.4 Å². The molecule has 0 saturated carbocycles. The molecular weight excluding hydrogens is 238 g/mol. The fraction of sp³-hybridized carbons (Fsp3) is 1.00. The lowest BCUT2D eigenvalue weighted by Crippen LogP contribution is -2.48. The van der Waals surface area contributed by atoms with Crippen LogP contribution in [0.25, 0.3) is 0 Å². The maximum Gasteiger partial charge on any atom is 0.211 e. The molecule has 0 aromatic heterocycles. The molecule has 1 saturated heterocycles. The van der Waals surface area contributed by atoms with Crippen LogP contribution < -0.4 is 4.72 Å². The molecular formula is C12H25NO3S. The minimum Gasteiger partial charge on any atom is -0.375 e. The molecule has 0 bridgehead atoms. The predicted molar refractivity (Wildman–Crippen MR) is 69.5 cm³/mol. The SMILES string of the molecule is CCCS(=O)(=O)NC1CCOC(CC)(CC)C1. The highest BCUT2D eigenvalue weighted by Gasteiger charge is 2.35. The van der Waals surface area contributed by atoms with Crippen molar-refractivity contribution < 1.29 is 13.2 Å². The first-order valence-electron chi connectivity index (χ1n) is 6.61. The van der Waals surface area contributed by atoms with Gasteiger partial charge in [-0.1, -0.05) is 20.8 Å². The molecule has 1 atom stereocenters. The summed E-state index contributed by atoms with van der Waals surface area (Å²) in [6.45, 7) is 6.74. The molecule has 0 aliphatic carbocycles. The Hall–Kier alpha value is -0.130. The summed E-state index contributed by atoms with van der Waals surface area (Å²) in [7, 11) is -3.10. The predicted octanol–water partition coefficient (Wildman–Crippen LogP) is 2.05. The van der Waals surface area contributed by atoms with Crippen molar-refractivity contribution in [3.8, 4) is 0 Å². The van der Waals surface area contributed by atoms with Crippen LogP contribution >= 0.6 is 0 Å². The van der Waals surface area contributed by atoms with Gasteiger partial charge in [0.2, 0.25) is 10.0 Å². The molecule has 5 heteroatoms. The number of hydrogen-bond acceptors (Lipinski definition) is 3. The quantitative estimate of drug-likeness (QED) is 0.798. The van der Waals surface area contributed by atoms with Crippen molar-refractivity contribution in [2.45, 2.75) is 64.5 Å². The van der Waals surface area contributed by atoms with Crippen LogP contribution in [-0.2, 0) is 14.8 Å². The van der Waals surface area contributed by atoms with Crippen LogP contribution in [0.2, 0.25) is 0 Å². The molecule has 1 rings (SSSR count). The van der Waals surface area contributed by atoms with Crippen molar-refractivity contribution in [1.29, 1.82) is 0 Å². The van der Waals surface area contributed by atoms with E-state index in [9.17, 15) is 8.42 Å². The molecule has 0 aromatic carbocycles. The van der Waals surface area contributed by atoms with Crippen LogP contribution in [0.1, 0.15) is 52.9 Å². The highest BCUT2D eigenvalue weighted by atomic mass is 32.2. The zero-order valence-corrected chi connectivity index (χ0v) is 12.0. The lowest BCUT2D eigenvalue weighted by molar-refractivity contribution is -0.0905. The Labute approximate surface area is 105 Å². The smallest absolute Gasteiger partial charge is 0.211 e. The molecule has 1 heterocycles. The second-order valence-corrected chi connectivity index (χ2v) is 6.74. The maximum absolute atomic E-state index is 11.7. The van der Waals surface area contributed by atoms with Gasteiger partial charge in [0.25, 0.3) is 0 Å². The highest BCUT2D eigenvalue weighted by molar-refractivity contribution is 7.89. The van der Waals surface area contributed by atoms with E-state index in [0.29, 0.717) is 13.0 Å². The zero-order valence-electron chi connectivity index (χ0n) is 11.2. The number of sulfonamides is 1. The highest BCUT2D eigenvalue weighted by Crippen LogP contribution is 2.31. The molecule has 1 N–H and O–H groups in total. The van der Waals surface area contributed by atoms with Gasteiger partial charge in [0, 0.05) is 12.6 Å². The second-order valence-electron chi connectivity index (χ2n) is 4.87. The van der Waals surface area contributed by atoms with Gasteiger partial charge in [-0.15, -0.1) is 0 Å². The normalized spacial score (nSPS) is 24.8. The van der Waals surface area contributed by atoms with Crippen LogP contribution in [-0.4, -0.2) is 32.4 Å². The van der Waals surface area contributed by atoms with E-state index in [-0.39, 0.29) is 17.4 Å². The molecule has 1 aliphatic rings. The molecule has 1 unspecified atom stereocenters. The third-order valence-electron chi connectivity index (χ3n) is 3.60. The van der Waals surface area contributed by atoms with Crippen LogP contribution in [0.4, 0.5) is 0 Å². The van der Waals surface area contributed by atoms with E-state index in [2.05, 4.69) is 18.6 Å². The standard InChI is InChI=1S/C12H25NO3S/c1-4-9-17(14,15)13-11-7-8-16-12(5-2,6-3)10-11/h11,13H,4-10H2,1-3H3. The van der Waals surface area contributed by atoms with Gasteiger partial charge in [0.15, 0.2) is 0 Å². The molecule has 1 fully saturated rings. The van der Waals surface area contributed by atoms with Gasteiger partial charge < -0.3 is 4.74 Å². The summed E-state index contributed by atoms with van der Waals surface area (Å²) in [6.07, 6.45) is 4.11. The Bertz CT molecular complexity index is 323. The van der Waals surface area contributed by atoms with Crippen LogP contribution in [0, 0.1) is 0 Å². The molecule has 0 aromatic rings. The lowest BCUT2D eigenvalue weighted by atomic mass is 9.86. The van der Waals surface area contributed by atoms with E-state index in [1.165, 1.54) is 0 Å². The first-order chi connectivity index (χ1) is 7.97. The molecule has 0 radical (unpaired) electrons. The summed E-state index contributed by atoms with van der Waals surface area (Å²) in [5, 5.41) is 0. The third kappa shape index (κ3) is 4.23. The van der Waals surface area contributed by atoms with Crippen molar-refractivity contribution in [3.63, 3.8) is 0 Å². The number of nitrogens with one attached hydrogen (secondary N) is 1. The average molecular weight is 263 g/mol. The maximum atomic E-state index is 11.7. The lowest BCUT2D eigenvalue weighted by Gasteiger charge is -2.40. The molecule has 4 nitrogen and oxygen atoms in total. The van der Waals surface area contributed by atoms with Crippen LogP contribution in [0.15, 0.2) is 0 Å². The second kappa shape index (κ2) is 6.16. The Kier molecular flexibility index (Phi) is 5.41. The monoisotopic (exact) mass is 263 g/mol. The number of rotatable bonds is 6. The largest absolute Gasteiger partial charge is 0.375 e. The van der Waals surface area contributed by atoms with Gasteiger partial charge in [-0.2, -0.15) is 0 Å². The Morgan fingerprint density at radius 3 is 2.47 bits per heavy atom. The van der Waals surface area contributed by atoms with Gasteiger partial charge in [-0.25, -0.2) is 13.1 Å². The Morgan fingerprint density at radius 2 is 1.94 bits per heavy atom. The van der Waals surface area contributed by atoms with Crippen molar-refractivity contribution in [2.75, 3.05) is 12.4 Å². The average Bonchev–Trinajstić information content (AvgIpc) is 2.28. The third-order valence-corrected chi connectivity index (χ3v) is 5.24. The van der Waals surface area contributed by atoms with Gasteiger partial charge >= 0.3 is 0 Å². The van der Waals surface area contributed by atoms with E-state index in [4.69, 9.17) is 4.74 Å². The number of ether oxygens (including phenoxy) is 1. The van der Waals surface area contributed by atoms with Gasteiger partial charge in [-0.05, 0) is 32.1 Å².